The lowest BCUT2D eigenvalue weighted by molar-refractivity contribution is -0.140. The number of carbonyl (C=O) groups excluding carboxylic acids is 1. The second-order valence-electron chi connectivity index (χ2n) is 5.90. The number of nitrogens with zero attached hydrogens (tertiary/aromatic N) is 2. The molecule has 0 aliphatic rings. The van der Waals surface area contributed by atoms with E-state index in [4.69, 9.17) is 0 Å². The van der Waals surface area contributed by atoms with Crippen molar-refractivity contribution in [2.75, 3.05) is 5.32 Å². The first kappa shape index (κ1) is 18.1. The maximum atomic E-state index is 13.5. The van der Waals surface area contributed by atoms with Gasteiger partial charge in [0.05, 0.1) is 11.2 Å². The van der Waals surface area contributed by atoms with Crippen LogP contribution in [0.2, 0.25) is 0 Å². The molecule has 1 N–H and O–H groups in total. The zero-order valence-electron chi connectivity index (χ0n) is 14.2. The van der Waals surface area contributed by atoms with Crippen molar-refractivity contribution < 1.29 is 18.0 Å². The maximum Gasteiger partial charge on any atom is 0.435 e. The summed E-state index contributed by atoms with van der Waals surface area (Å²) in [6.45, 7) is 0. The summed E-state index contributed by atoms with van der Waals surface area (Å²) >= 11 is 0.709. The molecule has 0 aliphatic heterocycles. The molecule has 2 aromatic heterocycles. The van der Waals surface area contributed by atoms with Crippen LogP contribution in [0.3, 0.4) is 0 Å². The Bertz CT molecular complexity index is 1150. The van der Waals surface area contributed by atoms with E-state index in [0.717, 1.165) is 5.39 Å². The fourth-order valence-corrected chi connectivity index (χ4v) is 3.74. The summed E-state index contributed by atoms with van der Waals surface area (Å²) in [4.78, 5) is 20.1. The monoisotopic (exact) mass is 399 g/mol. The van der Waals surface area contributed by atoms with Crippen molar-refractivity contribution in [3.05, 3.63) is 77.4 Å². The van der Waals surface area contributed by atoms with Crippen molar-refractivity contribution in [1.29, 1.82) is 0 Å². The Hall–Kier alpha value is -3.26. The normalized spacial score (nSPS) is 11.5. The maximum absolute atomic E-state index is 13.5. The lowest BCUT2D eigenvalue weighted by Crippen LogP contribution is -2.17. The standard InChI is InChI=1S/C20H12F3N3OS/c21-20(22,23)17-16(28-19(26-17)13-6-2-1-3-7-13)18(27)25-14-10-4-8-12-9-5-11-24-15(12)14/h1-11H,(H,25,27). The number of anilines is 1. The van der Waals surface area contributed by atoms with Gasteiger partial charge in [0.2, 0.25) is 0 Å². The van der Waals surface area contributed by atoms with Gasteiger partial charge in [-0.1, -0.05) is 48.5 Å². The van der Waals surface area contributed by atoms with Gasteiger partial charge in [-0.25, -0.2) is 4.98 Å². The third-order valence-corrected chi connectivity index (χ3v) is 5.11. The molecule has 4 rings (SSSR count). The first-order valence-corrected chi connectivity index (χ1v) is 9.03. The van der Waals surface area contributed by atoms with Gasteiger partial charge in [-0.15, -0.1) is 11.3 Å². The SMILES string of the molecule is O=C(Nc1cccc2cccnc12)c1sc(-c2ccccc2)nc1C(F)(F)F. The minimum atomic E-state index is -4.74. The minimum Gasteiger partial charge on any atom is -0.319 e. The lowest BCUT2D eigenvalue weighted by Gasteiger charge is -2.09. The number of nitrogens with one attached hydrogen (secondary N) is 1. The number of para-hydroxylation sites is 1. The highest BCUT2D eigenvalue weighted by molar-refractivity contribution is 7.17. The van der Waals surface area contributed by atoms with Crippen LogP contribution in [0.4, 0.5) is 18.9 Å². The number of amides is 1. The summed E-state index contributed by atoms with van der Waals surface area (Å²) in [7, 11) is 0. The van der Waals surface area contributed by atoms with Crippen LogP contribution in [0.1, 0.15) is 15.4 Å². The van der Waals surface area contributed by atoms with Gasteiger partial charge in [-0.2, -0.15) is 13.2 Å². The Kier molecular flexibility index (Phi) is 4.56. The first-order chi connectivity index (χ1) is 13.4. The van der Waals surface area contributed by atoms with Crippen LogP contribution in [-0.2, 0) is 6.18 Å². The van der Waals surface area contributed by atoms with Crippen LogP contribution < -0.4 is 5.32 Å². The van der Waals surface area contributed by atoms with Gasteiger partial charge in [0.25, 0.3) is 5.91 Å². The predicted molar refractivity (Wildman–Crippen MR) is 102 cm³/mol. The number of hydrogen-bond donors (Lipinski definition) is 1. The molecule has 140 valence electrons. The van der Waals surface area contributed by atoms with Crippen molar-refractivity contribution in [2.45, 2.75) is 6.18 Å². The summed E-state index contributed by atoms with van der Waals surface area (Å²) in [6.07, 6.45) is -3.19. The Morgan fingerprint density at radius 3 is 2.46 bits per heavy atom. The summed E-state index contributed by atoms with van der Waals surface area (Å²) in [5, 5.41) is 3.45. The first-order valence-electron chi connectivity index (χ1n) is 8.22. The van der Waals surface area contributed by atoms with E-state index in [2.05, 4.69) is 15.3 Å². The highest BCUT2D eigenvalue weighted by Gasteiger charge is 2.39. The molecule has 0 fully saturated rings. The number of aromatic nitrogens is 2. The van der Waals surface area contributed by atoms with E-state index in [9.17, 15) is 18.0 Å². The predicted octanol–water partition coefficient (Wildman–Crippen LogP) is 5.63. The summed E-state index contributed by atoms with van der Waals surface area (Å²) in [6, 6.07) is 17.1. The van der Waals surface area contributed by atoms with E-state index in [-0.39, 0.29) is 5.01 Å². The van der Waals surface area contributed by atoms with Gasteiger partial charge in [-0.3, -0.25) is 9.78 Å². The number of hydrogen-bond acceptors (Lipinski definition) is 4. The average molecular weight is 399 g/mol. The molecule has 0 saturated carbocycles. The molecule has 4 nitrogen and oxygen atoms in total. The molecule has 8 heteroatoms. The number of alkyl halides is 3. The van der Waals surface area contributed by atoms with Gasteiger partial charge in [0, 0.05) is 17.1 Å². The zero-order chi connectivity index (χ0) is 19.7. The Labute approximate surface area is 161 Å². The molecular formula is C20H12F3N3OS. The molecule has 0 saturated heterocycles. The third-order valence-electron chi connectivity index (χ3n) is 4.00. The van der Waals surface area contributed by atoms with E-state index in [0.29, 0.717) is 28.1 Å². The number of fused-ring (bicyclic) bond motifs is 1. The second-order valence-corrected chi connectivity index (χ2v) is 6.89. The minimum absolute atomic E-state index is 0.133. The van der Waals surface area contributed by atoms with Crippen LogP contribution in [0.15, 0.2) is 66.9 Å². The van der Waals surface area contributed by atoms with Crippen LogP contribution >= 0.6 is 11.3 Å². The van der Waals surface area contributed by atoms with Crippen molar-refractivity contribution >= 4 is 33.8 Å². The molecule has 1 amide bonds. The van der Waals surface area contributed by atoms with Gasteiger partial charge in [0.15, 0.2) is 5.69 Å². The van der Waals surface area contributed by atoms with Crippen LogP contribution in [-0.4, -0.2) is 15.9 Å². The molecule has 2 heterocycles. The van der Waals surface area contributed by atoms with Crippen LogP contribution in [0, 0.1) is 0 Å². The number of carbonyl (C=O) groups is 1. The van der Waals surface area contributed by atoms with E-state index in [1.54, 1.807) is 66.9 Å². The average Bonchev–Trinajstić information content (AvgIpc) is 3.15. The van der Waals surface area contributed by atoms with E-state index in [1.165, 1.54) is 0 Å². The van der Waals surface area contributed by atoms with Gasteiger partial charge >= 0.3 is 6.18 Å². The number of benzene rings is 2. The van der Waals surface area contributed by atoms with E-state index in [1.807, 2.05) is 0 Å². The molecule has 0 bridgehead atoms. The highest BCUT2D eigenvalue weighted by Crippen LogP contribution is 2.38. The third kappa shape index (κ3) is 3.46. The fraction of sp³-hybridized carbons (Fsp3) is 0.0500. The molecule has 0 unspecified atom stereocenters. The van der Waals surface area contributed by atoms with Gasteiger partial charge < -0.3 is 5.32 Å². The Morgan fingerprint density at radius 2 is 1.71 bits per heavy atom. The van der Waals surface area contributed by atoms with Gasteiger partial charge in [0.1, 0.15) is 9.88 Å². The smallest absolute Gasteiger partial charge is 0.319 e. The number of rotatable bonds is 3. The molecule has 0 aliphatic carbocycles. The lowest BCUT2D eigenvalue weighted by atomic mass is 10.2. The molecule has 2 aromatic carbocycles. The molecule has 4 aromatic rings. The van der Waals surface area contributed by atoms with Crippen molar-refractivity contribution in [2.24, 2.45) is 0 Å². The zero-order valence-corrected chi connectivity index (χ0v) is 15.0. The summed E-state index contributed by atoms with van der Waals surface area (Å²) < 4.78 is 40.4. The molecule has 0 atom stereocenters. The van der Waals surface area contributed by atoms with E-state index >= 15 is 0 Å². The van der Waals surface area contributed by atoms with Crippen molar-refractivity contribution in [3.8, 4) is 10.6 Å². The molecule has 28 heavy (non-hydrogen) atoms. The Balaban J connectivity index is 1.75. The topological polar surface area (TPSA) is 54.9 Å². The second kappa shape index (κ2) is 7.05. The largest absolute Gasteiger partial charge is 0.435 e. The molecule has 0 radical (unpaired) electrons. The number of pyridine rings is 1. The van der Waals surface area contributed by atoms with Crippen molar-refractivity contribution in [1.82, 2.24) is 9.97 Å². The summed E-state index contributed by atoms with van der Waals surface area (Å²) in [5.74, 6) is -0.870. The fourth-order valence-electron chi connectivity index (χ4n) is 2.75. The number of halogens is 3. The van der Waals surface area contributed by atoms with Crippen molar-refractivity contribution in [3.63, 3.8) is 0 Å². The van der Waals surface area contributed by atoms with Gasteiger partial charge in [-0.05, 0) is 12.1 Å². The van der Waals surface area contributed by atoms with Crippen LogP contribution in [0.5, 0.6) is 0 Å². The molecule has 0 spiro atoms. The quantitative estimate of drug-likeness (QED) is 0.486. The van der Waals surface area contributed by atoms with Crippen LogP contribution in [0.25, 0.3) is 21.5 Å². The Morgan fingerprint density at radius 1 is 0.964 bits per heavy atom. The summed E-state index contributed by atoms with van der Waals surface area (Å²) in [5.41, 5.74) is 0.163. The number of thiazole rings is 1. The molecular weight excluding hydrogens is 387 g/mol. The highest BCUT2D eigenvalue weighted by atomic mass is 32.1. The van der Waals surface area contributed by atoms with E-state index < -0.39 is 22.7 Å².